The number of aromatic nitrogens is 2. The molecule has 1 aromatic rings. The van der Waals surface area contributed by atoms with Gasteiger partial charge in [-0.05, 0) is 26.1 Å². The Balaban J connectivity index is 2.00. The number of hydrogen-bond donors (Lipinski definition) is 0. The van der Waals surface area contributed by atoms with Gasteiger partial charge in [0.2, 0.25) is 5.95 Å². The summed E-state index contributed by atoms with van der Waals surface area (Å²) in [6.45, 7) is 1.66. The SMILES string of the molecule is CN(CCCS(C)(=O)=O)C[C@@H]1C[C@H](F)CN1c1ccnc(N(C)C)n1. The van der Waals surface area contributed by atoms with Gasteiger partial charge in [-0.3, -0.25) is 0 Å². The first-order valence-corrected chi connectivity index (χ1v) is 10.5. The van der Waals surface area contributed by atoms with Crippen LogP contribution in [-0.2, 0) is 9.84 Å². The first kappa shape index (κ1) is 19.8. The summed E-state index contributed by atoms with van der Waals surface area (Å²) in [5, 5.41) is 0. The first-order chi connectivity index (χ1) is 11.7. The van der Waals surface area contributed by atoms with Crippen LogP contribution in [0.5, 0.6) is 0 Å². The zero-order valence-electron chi connectivity index (χ0n) is 15.4. The molecule has 1 aliphatic rings. The van der Waals surface area contributed by atoms with Gasteiger partial charge < -0.3 is 14.7 Å². The predicted octanol–water partition coefficient (Wildman–Crippen LogP) is 0.826. The minimum Gasteiger partial charge on any atom is -0.349 e. The summed E-state index contributed by atoms with van der Waals surface area (Å²) in [6, 6.07) is 1.82. The third kappa shape index (κ3) is 6.07. The number of nitrogens with zero attached hydrogens (tertiary/aromatic N) is 5. The molecule has 142 valence electrons. The molecule has 1 fully saturated rings. The van der Waals surface area contributed by atoms with Crippen molar-refractivity contribution in [2.45, 2.75) is 25.1 Å². The summed E-state index contributed by atoms with van der Waals surface area (Å²) in [4.78, 5) is 14.6. The molecule has 0 amide bonds. The summed E-state index contributed by atoms with van der Waals surface area (Å²) in [7, 11) is 2.74. The quantitative estimate of drug-likeness (QED) is 0.668. The van der Waals surface area contributed by atoms with Crippen molar-refractivity contribution in [3.05, 3.63) is 12.3 Å². The molecule has 7 nitrogen and oxygen atoms in total. The van der Waals surface area contributed by atoms with E-state index in [-0.39, 0.29) is 11.8 Å². The number of halogens is 1. The highest BCUT2D eigenvalue weighted by Crippen LogP contribution is 2.27. The molecule has 1 saturated heterocycles. The minimum atomic E-state index is -2.94. The highest BCUT2D eigenvalue weighted by molar-refractivity contribution is 7.90. The molecule has 0 saturated carbocycles. The molecule has 0 aliphatic carbocycles. The lowest BCUT2D eigenvalue weighted by atomic mass is 10.2. The smallest absolute Gasteiger partial charge is 0.226 e. The van der Waals surface area contributed by atoms with Crippen LogP contribution in [-0.4, -0.2) is 88.3 Å². The molecule has 0 unspecified atom stereocenters. The average molecular weight is 373 g/mol. The fourth-order valence-electron chi connectivity index (χ4n) is 3.08. The third-order valence-corrected chi connectivity index (χ3v) is 5.29. The minimum absolute atomic E-state index is 0.0168. The molecule has 0 N–H and O–H groups in total. The second kappa shape index (κ2) is 8.27. The van der Waals surface area contributed by atoms with Crippen LogP contribution in [0.4, 0.5) is 16.2 Å². The van der Waals surface area contributed by atoms with Gasteiger partial charge in [-0.2, -0.15) is 4.98 Å². The fourth-order valence-corrected chi connectivity index (χ4v) is 3.73. The van der Waals surface area contributed by atoms with E-state index in [1.54, 1.807) is 6.20 Å². The fraction of sp³-hybridized carbons (Fsp3) is 0.750. The number of likely N-dealkylation sites (N-methyl/N-ethyl adjacent to an activating group) is 1. The average Bonchev–Trinajstić information content (AvgIpc) is 2.86. The maximum absolute atomic E-state index is 14.0. The van der Waals surface area contributed by atoms with E-state index in [4.69, 9.17) is 0 Å². The van der Waals surface area contributed by atoms with Crippen molar-refractivity contribution in [3.63, 3.8) is 0 Å². The zero-order valence-corrected chi connectivity index (χ0v) is 16.2. The second-order valence-corrected chi connectivity index (χ2v) is 9.25. The zero-order chi connectivity index (χ0) is 18.6. The molecule has 2 atom stereocenters. The Morgan fingerprint density at radius 2 is 2.08 bits per heavy atom. The van der Waals surface area contributed by atoms with Crippen molar-refractivity contribution in [3.8, 4) is 0 Å². The number of anilines is 2. The van der Waals surface area contributed by atoms with Gasteiger partial charge in [0.05, 0.1) is 12.3 Å². The lowest BCUT2D eigenvalue weighted by Crippen LogP contribution is -2.40. The molecule has 0 aromatic carbocycles. The molecular weight excluding hydrogens is 345 g/mol. The number of alkyl halides is 1. The number of rotatable bonds is 8. The summed E-state index contributed by atoms with van der Waals surface area (Å²) < 4.78 is 36.5. The van der Waals surface area contributed by atoms with Crippen LogP contribution in [0.3, 0.4) is 0 Å². The van der Waals surface area contributed by atoms with E-state index in [1.807, 2.05) is 37.0 Å². The van der Waals surface area contributed by atoms with E-state index >= 15 is 0 Å². The Morgan fingerprint density at radius 3 is 2.72 bits per heavy atom. The lowest BCUT2D eigenvalue weighted by molar-refractivity contribution is 0.296. The maximum atomic E-state index is 14.0. The molecular formula is C16H28FN5O2S. The predicted molar refractivity (Wildman–Crippen MR) is 98.8 cm³/mol. The van der Waals surface area contributed by atoms with Crippen LogP contribution in [0.1, 0.15) is 12.8 Å². The van der Waals surface area contributed by atoms with Crippen molar-refractivity contribution >= 4 is 21.6 Å². The first-order valence-electron chi connectivity index (χ1n) is 8.43. The molecule has 1 aliphatic heterocycles. The van der Waals surface area contributed by atoms with Crippen molar-refractivity contribution in [1.82, 2.24) is 14.9 Å². The molecule has 2 rings (SSSR count). The largest absolute Gasteiger partial charge is 0.349 e. The maximum Gasteiger partial charge on any atom is 0.226 e. The van der Waals surface area contributed by atoms with Gasteiger partial charge in [0.15, 0.2) is 0 Å². The highest BCUT2D eigenvalue weighted by atomic mass is 32.2. The van der Waals surface area contributed by atoms with Crippen molar-refractivity contribution in [2.24, 2.45) is 0 Å². The molecule has 9 heteroatoms. The van der Waals surface area contributed by atoms with Crippen LogP contribution in [0.2, 0.25) is 0 Å². The molecule has 2 heterocycles. The Hall–Kier alpha value is -1.48. The summed E-state index contributed by atoms with van der Waals surface area (Å²) in [5.74, 6) is 1.50. The van der Waals surface area contributed by atoms with E-state index in [0.717, 1.165) is 5.82 Å². The van der Waals surface area contributed by atoms with Crippen LogP contribution in [0, 0.1) is 0 Å². The van der Waals surface area contributed by atoms with Crippen LogP contribution >= 0.6 is 0 Å². The monoisotopic (exact) mass is 373 g/mol. The van der Waals surface area contributed by atoms with Crippen molar-refractivity contribution in [2.75, 3.05) is 62.6 Å². The van der Waals surface area contributed by atoms with Crippen molar-refractivity contribution < 1.29 is 12.8 Å². The van der Waals surface area contributed by atoms with Gasteiger partial charge in [0.1, 0.15) is 21.8 Å². The molecule has 0 radical (unpaired) electrons. The van der Waals surface area contributed by atoms with E-state index < -0.39 is 16.0 Å². The van der Waals surface area contributed by atoms with E-state index in [9.17, 15) is 12.8 Å². The molecule has 0 spiro atoms. The van der Waals surface area contributed by atoms with Crippen molar-refractivity contribution in [1.29, 1.82) is 0 Å². The standard InChI is InChI=1S/C16H28FN5O2S/c1-20(2)16-18-7-6-15(19-16)22-11-13(17)10-14(22)12-21(3)8-5-9-25(4,23)24/h6-7,13-14H,5,8-12H2,1-4H3/t13-,14-/m0/s1. The van der Waals surface area contributed by atoms with Crippen LogP contribution in [0.25, 0.3) is 0 Å². The topological polar surface area (TPSA) is 69.6 Å². The Morgan fingerprint density at radius 1 is 1.36 bits per heavy atom. The second-order valence-electron chi connectivity index (χ2n) is 6.99. The number of sulfone groups is 1. The van der Waals surface area contributed by atoms with Gasteiger partial charge >= 0.3 is 0 Å². The van der Waals surface area contributed by atoms with Gasteiger partial charge in [-0.1, -0.05) is 0 Å². The van der Waals surface area contributed by atoms with Gasteiger partial charge in [-0.15, -0.1) is 0 Å². The lowest BCUT2D eigenvalue weighted by Gasteiger charge is -2.29. The molecule has 25 heavy (non-hydrogen) atoms. The Kier molecular flexibility index (Phi) is 6.56. The Bertz CT molecular complexity index is 670. The van der Waals surface area contributed by atoms with E-state index in [2.05, 4.69) is 14.9 Å². The van der Waals surface area contributed by atoms with Crippen LogP contribution in [0.15, 0.2) is 12.3 Å². The van der Waals surface area contributed by atoms with Gasteiger partial charge in [0, 0.05) is 45.6 Å². The normalized spacial score (nSPS) is 21.1. The highest BCUT2D eigenvalue weighted by Gasteiger charge is 2.33. The van der Waals surface area contributed by atoms with Crippen LogP contribution < -0.4 is 9.80 Å². The summed E-state index contributed by atoms with van der Waals surface area (Å²) >= 11 is 0. The van der Waals surface area contributed by atoms with Gasteiger partial charge in [0.25, 0.3) is 0 Å². The third-order valence-electron chi connectivity index (χ3n) is 4.26. The van der Waals surface area contributed by atoms with Gasteiger partial charge in [-0.25, -0.2) is 17.8 Å². The summed E-state index contributed by atoms with van der Waals surface area (Å²) in [5.41, 5.74) is 0. The molecule has 0 bridgehead atoms. The molecule has 1 aromatic heterocycles. The number of hydrogen-bond acceptors (Lipinski definition) is 7. The van der Waals surface area contributed by atoms with E-state index in [0.29, 0.717) is 38.4 Å². The summed E-state index contributed by atoms with van der Waals surface area (Å²) in [6.07, 6.45) is 3.09. The van der Waals surface area contributed by atoms with E-state index in [1.165, 1.54) is 6.26 Å². The Labute approximate surface area is 149 Å².